The van der Waals surface area contributed by atoms with Crippen LogP contribution in [-0.4, -0.2) is 54.4 Å². The van der Waals surface area contributed by atoms with Crippen molar-refractivity contribution in [3.8, 4) is 17.2 Å². The van der Waals surface area contributed by atoms with E-state index in [2.05, 4.69) is 10.6 Å². The zero-order valence-electron chi connectivity index (χ0n) is 19.6. The lowest BCUT2D eigenvalue weighted by Crippen LogP contribution is -2.70. The molecular formula is C25H27Cl2FN2O6. The van der Waals surface area contributed by atoms with Crippen LogP contribution in [0.4, 0.5) is 4.39 Å². The van der Waals surface area contributed by atoms with Crippen molar-refractivity contribution < 1.29 is 33.3 Å². The van der Waals surface area contributed by atoms with Gasteiger partial charge in [-0.15, -0.1) is 0 Å². The van der Waals surface area contributed by atoms with E-state index in [4.69, 9.17) is 37.4 Å². The van der Waals surface area contributed by atoms with E-state index in [0.717, 1.165) is 6.07 Å². The molecule has 1 atom stereocenters. The summed E-state index contributed by atoms with van der Waals surface area (Å²) >= 11 is 11.7. The van der Waals surface area contributed by atoms with Gasteiger partial charge in [-0.25, -0.2) is 4.39 Å². The third-order valence-electron chi connectivity index (χ3n) is 6.87. The van der Waals surface area contributed by atoms with Gasteiger partial charge in [0.25, 0.3) is 11.8 Å². The van der Waals surface area contributed by atoms with Crippen molar-refractivity contribution >= 4 is 35.0 Å². The molecule has 5 rings (SSSR count). The Kier molecular flexibility index (Phi) is 7.82. The smallest absolute Gasteiger partial charge is 0.258 e. The van der Waals surface area contributed by atoms with Crippen LogP contribution in [0.25, 0.3) is 0 Å². The standard InChI is InChI=1S/C25H27Cl2FN2O6/c1-34-20-11-16(3-5-18(20)27)36-14-23(33)30-25-8-6-24(7-9-25,12-21(25)31)29-22(32)13-35-15-2-4-17(26)19(28)10-15/h2-5,10-11,21,31H,6-9,12-14H2,1H3,(H,29,32)(H,30,33)/t21-,24?,25?/m1/s1. The zero-order valence-corrected chi connectivity index (χ0v) is 21.1. The Morgan fingerprint density at radius 3 is 2.14 bits per heavy atom. The summed E-state index contributed by atoms with van der Waals surface area (Å²) < 4.78 is 29.6. The molecule has 3 fully saturated rings. The summed E-state index contributed by atoms with van der Waals surface area (Å²) in [5, 5.41) is 17.2. The van der Waals surface area contributed by atoms with E-state index in [1.165, 1.54) is 19.2 Å². The fourth-order valence-corrected chi connectivity index (χ4v) is 5.21. The molecule has 0 unspecified atom stereocenters. The summed E-state index contributed by atoms with van der Waals surface area (Å²) in [5.74, 6) is -0.299. The summed E-state index contributed by atoms with van der Waals surface area (Å²) in [6.07, 6.45) is 1.62. The predicted octanol–water partition coefficient (Wildman–Crippen LogP) is 3.65. The van der Waals surface area contributed by atoms with Gasteiger partial charge in [-0.05, 0) is 56.4 Å². The molecule has 3 aliphatic carbocycles. The first kappa shape index (κ1) is 26.3. The highest BCUT2D eigenvalue weighted by Crippen LogP contribution is 2.47. The van der Waals surface area contributed by atoms with Crippen molar-refractivity contribution in [2.75, 3.05) is 20.3 Å². The van der Waals surface area contributed by atoms with Gasteiger partial charge in [-0.3, -0.25) is 9.59 Å². The number of carbonyl (C=O) groups is 2. The van der Waals surface area contributed by atoms with Crippen LogP contribution in [-0.2, 0) is 9.59 Å². The van der Waals surface area contributed by atoms with Crippen LogP contribution in [0.2, 0.25) is 10.0 Å². The Labute approximate surface area is 218 Å². The number of hydrogen-bond donors (Lipinski definition) is 3. The maximum Gasteiger partial charge on any atom is 0.258 e. The highest BCUT2D eigenvalue weighted by molar-refractivity contribution is 6.32. The van der Waals surface area contributed by atoms with E-state index >= 15 is 0 Å². The maximum absolute atomic E-state index is 13.6. The zero-order chi connectivity index (χ0) is 25.9. The maximum atomic E-state index is 13.6. The van der Waals surface area contributed by atoms with Crippen LogP contribution in [0.3, 0.4) is 0 Å². The van der Waals surface area contributed by atoms with Gasteiger partial charge in [0.2, 0.25) is 0 Å². The van der Waals surface area contributed by atoms with Crippen LogP contribution in [0.15, 0.2) is 36.4 Å². The average Bonchev–Trinajstić information content (AvgIpc) is 2.85. The van der Waals surface area contributed by atoms with Crippen LogP contribution in [0, 0.1) is 5.82 Å². The molecular weight excluding hydrogens is 514 g/mol. The number of rotatable bonds is 9. The van der Waals surface area contributed by atoms with Crippen molar-refractivity contribution in [2.24, 2.45) is 0 Å². The molecule has 2 aromatic carbocycles. The quantitative estimate of drug-likeness (QED) is 0.448. The molecule has 0 heterocycles. The van der Waals surface area contributed by atoms with Gasteiger partial charge in [-0.2, -0.15) is 0 Å². The molecule has 3 aliphatic rings. The molecule has 0 saturated heterocycles. The molecule has 194 valence electrons. The highest BCUT2D eigenvalue weighted by Gasteiger charge is 2.55. The van der Waals surface area contributed by atoms with Gasteiger partial charge in [0.15, 0.2) is 13.2 Å². The SMILES string of the molecule is COc1cc(OCC(=O)NC23CCC(NC(=O)COc4ccc(Cl)c(F)c4)(CC2)C[C@H]3O)ccc1Cl. The number of carbonyl (C=O) groups excluding carboxylic acids is 2. The molecule has 0 aromatic heterocycles. The predicted molar refractivity (Wildman–Crippen MR) is 131 cm³/mol. The molecule has 0 radical (unpaired) electrons. The van der Waals surface area contributed by atoms with E-state index in [9.17, 15) is 19.1 Å². The molecule has 3 saturated carbocycles. The van der Waals surface area contributed by atoms with Crippen molar-refractivity contribution in [1.29, 1.82) is 0 Å². The molecule has 0 aliphatic heterocycles. The van der Waals surface area contributed by atoms with Crippen molar-refractivity contribution in [3.63, 3.8) is 0 Å². The molecule has 36 heavy (non-hydrogen) atoms. The Morgan fingerprint density at radius 2 is 1.56 bits per heavy atom. The topological polar surface area (TPSA) is 106 Å². The lowest BCUT2D eigenvalue weighted by Gasteiger charge is -2.56. The van der Waals surface area contributed by atoms with E-state index < -0.39 is 23.0 Å². The third kappa shape index (κ3) is 5.79. The number of halogens is 3. The second kappa shape index (κ2) is 10.7. The first-order valence-corrected chi connectivity index (χ1v) is 12.2. The molecule has 2 bridgehead atoms. The highest BCUT2D eigenvalue weighted by atomic mass is 35.5. The number of nitrogens with one attached hydrogen (secondary N) is 2. The number of benzene rings is 2. The Morgan fingerprint density at radius 1 is 0.972 bits per heavy atom. The molecule has 2 amide bonds. The lowest BCUT2D eigenvalue weighted by atomic mass is 9.60. The molecule has 2 aromatic rings. The third-order valence-corrected chi connectivity index (χ3v) is 7.49. The summed E-state index contributed by atoms with van der Waals surface area (Å²) in [6, 6.07) is 8.79. The van der Waals surface area contributed by atoms with Crippen LogP contribution in [0.1, 0.15) is 32.1 Å². The fraction of sp³-hybridized carbons (Fsp3) is 0.440. The Hall–Kier alpha value is -2.75. The van der Waals surface area contributed by atoms with E-state index in [-0.39, 0.29) is 35.8 Å². The van der Waals surface area contributed by atoms with Crippen molar-refractivity contribution in [3.05, 3.63) is 52.3 Å². The summed E-state index contributed by atoms with van der Waals surface area (Å²) in [7, 11) is 1.49. The minimum atomic E-state index is -0.842. The monoisotopic (exact) mass is 540 g/mol. The Bertz CT molecular complexity index is 1140. The van der Waals surface area contributed by atoms with Crippen molar-refractivity contribution in [2.45, 2.75) is 49.3 Å². The number of ether oxygens (including phenoxy) is 3. The molecule has 8 nitrogen and oxygen atoms in total. The fourth-order valence-electron chi connectivity index (χ4n) is 4.90. The second-order valence-corrected chi connectivity index (χ2v) is 10.0. The number of aliphatic hydroxyl groups excluding tert-OH is 1. The van der Waals surface area contributed by atoms with Gasteiger partial charge >= 0.3 is 0 Å². The summed E-state index contributed by atoms with van der Waals surface area (Å²) in [4.78, 5) is 25.2. The average molecular weight is 541 g/mol. The van der Waals surface area contributed by atoms with Gasteiger partial charge in [-0.1, -0.05) is 23.2 Å². The molecule has 3 N–H and O–H groups in total. The van der Waals surface area contributed by atoms with Crippen molar-refractivity contribution in [1.82, 2.24) is 10.6 Å². The number of methoxy groups -OCH3 is 1. The summed E-state index contributed by atoms with van der Waals surface area (Å²) in [5.41, 5.74) is -1.37. The van der Waals surface area contributed by atoms with Gasteiger partial charge in [0, 0.05) is 17.7 Å². The minimum Gasteiger partial charge on any atom is -0.495 e. The summed E-state index contributed by atoms with van der Waals surface area (Å²) in [6.45, 7) is -0.530. The second-order valence-electron chi connectivity index (χ2n) is 9.20. The van der Waals surface area contributed by atoms with Gasteiger partial charge in [0.05, 0.1) is 28.8 Å². The van der Waals surface area contributed by atoms with Crippen LogP contribution in [0.5, 0.6) is 17.2 Å². The number of hydrogen-bond acceptors (Lipinski definition) is 6. The first-order valence-electron chi connectivity index (χ1n) is 11.5. The molecule has 0 spiro atoms. The van der Waals surface area contributed by atoms with Crippen LogP contribution < -0.4 is 24.8 Å². The van der Waals surface area contributed by atoms with E-state index in [0.29, 0.717) is 48.6 Å². The van der Waals surface area contributed by atoms with E-state index in [1.807, 2.05) is 0 Å². The first-order chi connectivity index (χ1) is 17.1. The number of aliphatic hydroxyl groups is 1. The normalized spacial score (nSPS) is 24.6. The lowest BCUT2D eigenvalue weighted by molar-refractivity contribution is -0.137. The van der Waals surface area contributed by atoms with E-state index in [1.54, 1.807) is 18.2 Å². The molecule has 11 heteroatoms. The number of amides is 2. The Balaban J connectivity index is 1.28. The largest absolute Gasteiger partial charge is 0.495 e. The van der Waals surface area contributed by atoms with Gasteiger partial charge in [0.1, 0.15) is 23.1 Å². The minimum absolute atomic E-state index is 0.0311. The van der Waals surface area contributed by atoms with Crippen LogP contribution >= 0.6 is 23.2 Å². The van der Waals surface area contributed by atoms with Gasteiger partial charge < -0.3 is 30.0 Å². The number of fused-ring (bicyclic) bond motifs is 3.